The SMILES string of the molecule is CCC1=C(C(=O)NCc2nnc(-c3nc4n(n3)CCN(S(=O)(=O)C(F)(F)F)C4)s2)[N+]2=C=C(C)C=NC2=N1. The average Bonchev–Trinajstić information content (AvgIpc) is 3.57. The maximum absolute atomic E-state index is 13.0. The molecule has 0 unspecified atom stereocenters. The van der Waals surface area contributed by atoms with Crippen LogP contribution in [-0.2, 0) is 34.5 Å². The van der Waals surface area contributed by atoms with Gasteiger partial charge in [0, 0.05) is 13.0 Å². The maximum Gasteiger partial charge on any atom is 0.511 e. The molecule has 3 aliphatic heterocycles. The highest BCUT2D eigenvalue weighted by molar-refractivity contribution is 7.89. The molecule has 5 heterocycles. The number of carbonyl (C=O) groups is 1. The number of fused-ring (bicyclic) bond motifs is 2. The first-order valence-corrected chi connectivity index (χ1v) is 13.1. The van der Waals surface area contributed by atoms with E-state index < -0.39 is 28.0 Å². The molecule has 1 N–H and O–H groups in total. The van der Waals surface area contributed by atoms with Gasteiger partial charge in [0.2, 0.25) is 11.5 Å². The van der Waals surface area contributed by atoms with Gasteiger partial charge in [-0.15, -0.1) is 19.9 Å². The minimum Gasteiger partial charge on any atom is -0.343 e. The molecule has 194 valence electrons. The molecule has 0 aliphatic carbocycles. The Morgan fingerprint density at radius 1 is 1.30 bits per heavy atom. The normalized spacial score (nSPS) is 17.8. The molecule has 0 aromatic carbocycles. The number of guanidine groups is 1. The summed E-state index contributed by atoms with van der Waals surface area (Å²) in [6.07, 6.45) is 2.13. The number of carbonyl (C=O) groups excluding carboxylic acids is 1. The van der Waals surface area contributed by atoms with Crippen molar-refractivity contribution in [3.63, 3.8) is 0 Å². The zero-order valence-corrected chi connectivity index (χ0v) is 20.9. The summed E-state index contributed by atoms with van der Waals surface area (Å²) < 4.78 is 65.3. The Morgan fingerprint density at radius 2 is 2.08 bits per heavy atom. The highest BCUT2D eigenvalue weighted by Gasteiger charge is 2.50. The first-order chi connectivity index (χ1) is 17.5. The molecule has 13 nitrogen and oxygen atoms in total. The third-order valence-electron chi connectivity index (χ3n) is 5.46. The van der Waals surface area contributed by atoms with Crippen LogP contribution in [0.4, 0.5) is 13.2 Å². The largest absolute Gasteiger partial charge is 0.511 e. The molecule has 0 saturated carbocycles. The minimum atomic E-state index is -5.47. The number of allylic oxidation sites excluding steroid dienone is 2. The van der Waals surface area contributed by atoms with Crippen LogP contribution in [-0.4, -0.2) is 78.3 Å². The maximum atomic E-state index is 13.0. The molecular formula is C19H18F3N10O3S2+. The summed E-state index contributed by atoms with van der Waals surface area (Å²) in [4.78, 5) is 25.7. The molecule has 18 heteroatoms. The summed E-state index contributed by atoms with van der Waals surface area (Å²) in [6, 6.07) is 0. The number of amides is 1. The lowest BCUT2D eigenvalue weighted by atomic mass is 10.2. The van der Waals surface area contributed by atoms with Gasteiger partial charge in [-0.05, 0) is 6.92 Å². The number of hydrogen-bond acceptors (Lipinski definition) is 10. The van der Waals surface area contributed by atoms with E-state index in [1.54, 1.807) is 13.1 Å². The van der Waals surface area contributed by atoms with Crippen LogP contribution in [0.3, 0.4) is 0 Å². The zero-order chi connectivity index (χ0) is 26.5. The van der Waals surface area contributed by atoms with Crippen molar-refractivity contribution < 1.29 is 31.0 Å². The van der Waals surface area contributed by atoms with Crippen LogP contribution in [0, 0.1) is 0 Å². The number of sulfonamides is 1. The third kappa shape index (κ3) is 4.52. The standard InChI is InChI=1S/C19H17F3N10O3S2/c1-3-11-14(31-8-10(2)6-24-18(31)25-11)16(33)23-7-13-27-28-17(36-13)15-26-12-9-30(4-5-32(12)29-15)37(34,35)19(20,21)22/h6H,3-5,7,9H2,1-2H3/p+1. The molecule has 0 bridgehead atoms. The van der Waals surface area contributed by atoms with Crippen molar-refractivity contribution in [2.24, 2.45) is 9.98 Å². The summed E-state index contributed by atoms with van der Waals surface area (Å²) in [5.41, 5.74) is -3.77. The van der Waals surface area contributed by atoms with Crippen molar-refractivity contribution in [1.29, 1.82) is 0 Å². The van der Waals surface area contributed by atoms with Crippen molar-refractivity contribution in [3.8, 4) is 10.8 Å². The lowest BCUT2D eigenvalue weighted by molar-refractivity contribution is -0.334. The van der Waals surface area contributed by atoms with E-state index in [1.165, 1.54) is 9.26 Å². The van der Waals surface area contributed by atoms with Gasteiger partial charge in [-0.1, -0.05) is 28.2 Å². The fourth-order valence-electron chi connectivity index (χ4n) is 3.69. The van der Waals surface area contributed by atoms with Gasteiger partial charge < -0.3 is 5.32 Å². The second kappa shape index (κ2) is 9.05. The van der Waals surface area contributed by atoms with E-state index in [4.69, 9.17) is 0 Å². The van der Waals surface area contributed by atoms with Gasteiger partial charge in [-0.3, -0.25) is 4.79 Å². The highest BCUT2D eigenvalue weighted by Crippen LogP contribution is 2.30. The predicted molar refractivity (Wildman–Crippen MR) is 124 cm³/mol. The van der Waals surface area contributed by atoms with Crippen LogP contribution in [0.5, 0.6) is 0 Å². The Balaban J connectivity index is 1.28. The lowest BCUT2D eigenvalue weighted by Crippen LogP contribution is -2.44. The van der Waals surface area contributed by atoms with Crippen LogP contribution in [0.2, 0.25) is 0 Å². The van der Waals surface area contributed by atoms with Gasteiger partial charge in [-0.25, -0.2) is 18.1 Å². The number of aliphatic imine (C=N–C) groups is 2. The quantitative estimate of drug-likeness (QED) is 0.518. The molecule has 2 aromatic rings. The second-order valence-electron chi connectivity index (χ2n) is 7.99. The summed E-state index contributed by atoms with van der Waals surface area (Å²) in [5, 5.41) is 15.7. The fourth-order valence-corrected chi connectivity index (χ4v) is 5.30. The predicted octanol–water partition coefficient (Wildman–Crippen LogP) is 0.782. The van der Waals surface area contributed by atoms with Crippen molar-refractivity contribution >= 4 is 45.3 Å². The third-order valence-corrected chi connectivity index (χ3v) is 7.96. The minimum absolute atomic E-state index is 0.0390. The Morgan fingerprint density at radius 3 is 2.81 bits per heavy atom. The molecule has 0 atom stereocenters. The summed E-state index contributed by atoms with van der Waals surface area (Å²) in [7, 11) is -5.47. The van der Waals surface area contributed by atoms with E-state index >= 15 is 0 Å². The number of hydrogen-bond donors (Lipinski definition) is 1. The number of halogens is 3. The van der Waals surface area contributed by atoms with Gasteiger partial charge in [-0.2, -0.15) is 17.5 Å². The Hall–Kier alpha value is -3.60. The van der Waals surface area contributed by atoms with Crippen LogP contribution in [0.25, 0.3) is 10.8 Å². The molecule has 0 saturated heterocycles. The van der Waals surface area contributed by atoms with Gasteiger partial charge in [0.1, 0.15) is 17.0 Å². The van der Waals surface area contributed by atoms with Crippen molar-refractivity contribution in [3.05, 3.63) is 27.8 Å². The molecule has 0 fully saturated rings. The Kier molecular flexibility index (Phi) is 6.13. The van der Waals surface area contributed by atoms with Crippen molar-refractivity contribution in [1.82, 2.24) is 34.6 Å². The molecular weight excluding hydrogens is 537 g/mol. The van der Waals surface area contributed by atoms with E-state index in [2.05, 4.69) is 41.5 Å². The second-order valence-corrected chi connectivity index (χ2v) is 11.0. The number of alkyl halides is 3. The Labute approximate surface area is 211 Å². The topological polar surface area (TPSA) is 151 Å². The first-order valence-electron chi connectivity index (χ1n) is 10.8. The molecule has 1 amide bonds. The van der Waals surface area contributed by atoms with Crippen LogP contribution < -0.4 is 5.32 Å². The molecule has 0 radical (unpaired) electrons. The smallest absolute Gasteiger partial charge is 0.343 e. The van der Waals surface area contributed by atoms with Crippen LogP contribution in [0.15, 0.2) is 27.0 Å². The number of rotatable bonds is 6. The van der Waals surface area contributed by atoms with E-state index in [9.17, 15) is 26.4 Å². The summed E-state index contributed by atoms with van der Waals surface area (Å²) in [5.74, 6) is 3.17. The highest BCUT2D eigenvalue weighted by atomic mass is 32.2. The summed E-state index contributed by atoms with van der Waals surface area (Å²) >= 11 is 1.09. The number of nitrogens with one attached hydrogen (secondary N) is 1. The van der Waals surface area contributed by atoms with Gasteiger partial charge in [0.05, 0.1) is 31.1 Å². The molecule has 0 spiro atoms. The van der Waals surface area contributed by atoms with Gasteiger partial charge in [0.25, 0.3) is 5.91 Å². The summed E-state index contributed by atoms with van der Waals surface area (Å²) in [6.45, 7) is 2.66. The Bertz CT molecular complexity index is 1580. The first kappa shape index (κ1) is 25.1. The van der Waals surface area contributed by atoms with E-state index in [0.717, 1.165) is 16.9 Å². The molecule has 37 heavy (non-hydrogen) atoms. The molecule has 2 aromatic heterocycles. The van der Waals surface area contributed by atoms with Crippen LogP contribution >= 0.6 is 11.3 Å². The van der Waals surface area contributed by atoms with E-state index in [-0.39, 0.29) is 36.3 Å². The molecule has 5 rings (SSSR count). The van der Waals surface area contributed by atoms with Crippen molar-refractivity contribution in [2.75, 3.05) is 6.54 Å². The van der Waals surface area contributed by atoms with Gasteiger partial charge >= 0.3 is 21.5 Å². The monoisotopic (exact) mass is 555 g/mol. The van der Waals surface area contributed by atoms with Crippen LogP contribution in [0.1, 0.15) is 31.1 Å². The zero-order valence-electron chi connectivity index (χ0n) is 19.3. The number of nitrogens with zero attached hydrogens (tertiary/aromatic N) is 9. The lowest BCUT2D eigenvalue weighted by Gasteiger charge is -2.26. The van der Waals surface area contributed by atoms with E-state index in [0.29, 0.717) is 33.1 Å². The molecule has 3 aliphatic rings. The van der Waals surface area contributed by atoms with Crippen molar-refractivity contribution in [2.45, 2.75) is 45.4 Å². The average molecular weight is 556 g/mol. The number of aromatic nitrogens is 5. The fraction of sp³-hybridized carbons (Fsp3) is 0.421. The van der Waals surface area contributed by atoms with E-state index in [1.807, 2.05) is 6.92 Å². The van der Waals surface area contributed by atoms with Gasteiger partial charge in [0.15, 0.2) is 10.7 Å².